The van der Waals surface area contributed by atoms with Gasteiger partial charge in [0.05, 0.1) is 25.2 Å². The first kappa shape index (κ1) is 23.7. The van der Waals surface area contributed by atoms with Crippen molar-refractivity contribution in [2.45, 2.75) is 17.5 Å². The number of hydrogen-bond acceptors (Lipinski definition) is 6. The van der Waals surface area contributed by atoms with Gasteiger partial charge in [-0.25, -0.2) is 8.42 Å². The number of nitrogens with zero attached hydrogens (tertiary/aromatic N) is 1. The van der Waals surface area contributed by atoms with Gasteiger partial charge in [-0.3, -0.25) is 4.79 Å². The number of benzene rings is 3. The molecule has 0 radical (unpaired) electrons. The maximum Gasteiger partial charge on any atom is 0.290 e. The minimum absolute atomic E-state index is 0.0520. The highest BCUT2D eigenvalue weighted by atomic mass is 35.5. The SMILES string of the molecule is COc1ccc([C@@H]2C(S(=O)(=O)c3ccc(Cl)cc3)=C(O)C(=O)N2Cc2cccc(OC)c2)cc1. The molecule has 0 bridgehead atoms. The molecule has 0 spiro atoms. The van der Waals surface area contributed by atoms with Crippen LogP contribution in [0.4, 0.5) is 0 Å². The summed E-state index contributed by atoms with van der Waals surface area (Å²) >= 11 is 5.92. The van der Waals surface area contributed by atoms with Crippen molar-refractivity contribution in [1.82, 2.24) is 4.90 Å². The molecule has 1 aliphatic heterocycles. The van der Waals surface area contributed by atoms with Crippen molar-refractivity contribution in [3.8, 4) is 11.5 Å². The smallest absolute Gasteiger partial charge is 0.290 e. The van der Waals surface area contributed by atoms with Gasteiger partial charge < -0.3 is 19.5 Å². The molecule has 0 unspecified atom stereocenters. The minimum Gasteiger partial charge on any atom is -0.502 e. The molecule has 34 heavy (non-hydrogen) atoms. The van der Waals surface area contributed by atoms with Crippen molar-refractivity contribution in [3.05, 3.63) is 99.6 Å². The molecule has 0 aromatic heterocycles. The van der Waals surface area contributed by atoms with E-state index in [1.807, 2.05) is 0 Å². The lowest BCUT2D eigenvalue weighted by Gasteiger charge is -2.27. The number of ether oxygens (including phenoxy) is 2. The van der Waals surface area contributed by atoms with E-state index in [0.717, 1.165) is 0 Å². The Morgan fingerprint density at radius 3 is 2.21 bits per heavy atom. The molecule has 0 saturated heterocycles. The molecule has 1 N–H and O–H groups in total. The number of hydrogen-bond donors (Lipinski definition) is 1. The topological polar surface area (TPSA) is 93.1 Å². The number of amides is 1. The summed E-state index contributed by atoms with van der Waals surface area (Å²) < 4.78 is 37.7. The van der Waals surface area contributed by atoms with Crippen LogP contribution in [-0.2, 0) is 21.2 Å². The zero-order valence-corrected chi connectivity index (χ0v) is 20.0. The van der Waals surface area contributed by atoms with E-state index in [4.69, 9.17) is 21.1 Å². The number of carbonyl (C=O) groups excluding carboxylic acids is 1. The second-order valence-corrected chi connectivity index (χ2v) is 9.99. The maximum absolute atomic E-state index is 13.6. The second kappa shape index (κ2) is 9.40. The Morgan fingerprint density at radius 2 is 1.59 bits per heavy atom. The molecule has 3 aromatic rings. The first-order valence-electron chi connectivity index (χ1n) is 10.3. The fraction of sp³-hybridized carbons (Fsp3) is 0.160. The van der Waals surface area contributed by atoms with E-state index in [2.05, 4.69) is 0 Å². The summed E-state index contributed by atoms with van der Waals surface area (Å²) in [7, 11) is -1.18. The molecule has 0 fully saturated rings. The van der Waals surface area contributed by atoms with Crippen LogP contribution in [0.2, 0.25) is 5.02 Å². The monoisotopic (exact) mass is 499 g/mol. The predicted octanol–water partition coefficient (Wildman–Crippen LogP) is 4.68. The Morgan fingerprint density at radius 1 is 0.941 bits per heavy atom. The van der Waals surface area contributed by atoms with Crippen LogP contribution in [0.5, 0.6) is 11.5 Å². The summed E-state index contributed by atoms with van der Waals surface area (Å²) in [4.78, 5) is 14.1. The van der Waals surface area contributed by atoms with Gasteiger partial charge in [0.15, 0.2) is 5.76 Å². The fourth-order valence-corrected chi connectivity index (χ4v) is 5.67. The quantitative estimate of drug-likeness (QED) is 0.507. The van der Waals surface area contributed by atoms with E-state index < -0.39 is 27.5 Å². The number of sulfone groups is 1. The summed E-state index contributed by atoms with van der Waals surface area (Å²) in [5.74, 6) is -0.422. The molecule has 0 aliphatic carbocycles. The average Bonchev–Trinajstić information content (AvgIpc) is 3.10. The van der Waals surface area contributed by atoms with Crippen molar-refractivity contribution >= 4 is 27.3 Å². The van der Waals surface area contributed by atoms with Crippen molar-refractivity contribution in [2.24, 2.45) is 0 Å². The van der Waals surface area contributed by atoms with Crippen LogP contribution >= 0.6 is 11.6 Å². The number of methoxy groups -OCH3 is 2. The summed E-state index contributed by atoms with van der Waals surface area (Å²) in [5, 5.41) is 11.2. The van der Waals surface area contributed by atoms with Crippen LogP contribution in [0.3, 0.4) is 0 Å². The van der Waals surface area contributed by atoms with Crippen molar-refractivity contribution < 1.29 is 27.8 Å². The van der Waals surface area contributed by atoms with Gasteiger partial charge in [0.25, 0.3) is 5.91 Å². The molecule has 1 heterocycles. The van der Waals surface area contributed by atoms with Gasteiger partial charge in [-0.1, -0.05) is 35.9 Å². The summed E-state index contributed by atoms with van der Waals surface area (Å²) in [6.07, 6.45) is 0. The third-order valence-corrected chi connectivity index (χ3v) is 7.73. The standard InChI is InChI=1S/C25H22ClNO6S/c1-32-19-10-6-17(7-11-19)22-24(34(30,31)21-12-8-18(26)9-13-21)23(28)25(29)27(22)15-16-4-3-5-20(14-16)33-2/h3-14,22,28H,15H2,1-2H3/t22-/m1/s1. The lowest BCUT2D eigenvalue weighted by atomic mass is 10.1. The van der Waals surface area contributed by atoms with E-state index in [0.29, 0.717) is 27.6 Å². The van der Waals surface area contributed by atoms with Crippen LogP contribution in [0.1, 0.15) is 17.2 Å². The van der Waals surface area contributed by atoms with E-state index in [1.165, 1.54) is 43.4 Å². The Kier molecular flexibility index (Phi) is 6.54. The van der Waals surface area contributed by atoms with Gasteiger partial charge in [-0.15, -0.1) is 0 Å². The largest absolute Gasteiger partial charge is 0.502 e. The van der Waals surface area contributed by atoms with E-state index in [9.17, 15) is 18.3 Å². The zero-order valence-electron chi connectivity index (χ0n) is 18.4. The van der Waals surface area contributed by atoms with E-state index in [1.54, 1.807) is 48.5 Å². The van der Waals surface area contributed by atoms with Crippen LogP contribution in [0.25, 0.3) is 0 Å². The lowest BCUT2D eigenvalue weighted by molar-refractivity contribution is -0.130. The van der Waals surface area contributed by atoms with Crippen LogP contribution in [-0.4, -0.2) is 38.6 Å². The molecular formula is C25H22ClNO6S. The highest BCUT2D eigenvalue weighted by Crippen LogP contribution is 2.43. The number of halogens is 1. The van der Waals surface area contributed by atoms with Crippen molar-refractivity contribution in [1.29, 1.82) is 0 Å². The van der Waals surface area contributed by atoms with Crippen molar-refractivity contribution in [3.63, 3.8) is 0 Å². The number of rotatable bonds is 7. The van der Waals surface area contributed by atoms with Gasteiger partial charge in [0.2, 0.25) is 9.84 Å². The van der Waals surface area contributed by atoms with Gasteiger partial charge in [0, 0.05) is 11.6 Å². The molecular weight excluding hydrogens is 478 g/mol. The minimum atomic E-state index is -4.24. The third kappa shape index (κ3) is 4.34. The molecule has 3 aromatic carbocycles. The summed E-state index contributed by atoms with van der Waals surface area (Å²) in [6.45, 7) is 0.0520. The molecule has 4 rings (SSSR count). The van der Waals surface area contributed by atoms with Gasteiger partial charge in [-0.2, -0.15) is 0 Å². The highest BCUT2D eigenvalue weighted by molar-refractivity contribution is 7.95. The Labute approximate surface area is 202 Å². The Bertz CT molecular complexity index is 1350. The van der Waals surface area contributed by atoms with Gasteiger partial charge >= 0.3 is 0 Å². The van der Waals surface area contributed by atoms with Crippen molar-refractivity contribution in [2.75, 3.05) is 14.2 Å². The Balaban J connectivity index is 1.84. The Hall–Kier alpha value is -3.49. The van der Waals surface area contributed by atoms with E-state index in [-0.39, 0.29) is 16.3 Å². The predicted molar refractivity (Wildman–Crippen MR) is 128 cm³/mol. The summed E-state index contributed by atoms with van der Waals surface area (Å²) in [6, 6.07) is 18.3. The summed E-state index contributed by atoms with van der Waals surface area (Å²) in [5.41, 5.74) is 1.22. The van der Waals surface area contributed by atoms with Gasteiger partial charge in [0.1, 0.15) is 16.4 Å². The zero-order chi connectivity index (χ0) is 24.5. The number of aliphatic hydroxyl groups excluding tert-OH is 1. The van der Waals surface area contributed by atoms with E-state index >= 15 is 0 Å². The first-order valence-corrected chi connectivity index (χ1v) is 12.1. The van der Waals surface area contributed by atoms with Crippen LogP contribution < -0.4 is 9.47 Å². The van der Waals surface area contributed by atoms with Crippen LogP contribution in [0, 0.1) is 0 Å². The molecule has 7 nitrogen and oxygen atoms in total. The molecule has 1 atom stereocenters. The normalized spacial score (nSPS) is 16.1. The average molecular weight is 500 g/mol. The van der Waals surface area contributed by atoms with Gasteiger partial charge in [-0.05, 0) is 59.7 Å². The number of aliphatic hydroxyl groups is 1. The highest BCUT2D eigenvalue weighted by Gasteiger charge is 2.46. The maximum atomic E-state index is 13.6. The third-order valence-electron chi connectivity index (χ3n) is 5.59. The number of carbonyl (C=O) groups is 1. The second-order valence-electron chi connectivity index (χ2n) is 7.63. The molecule has 176 valence electrons. The molecule has 1 amide bonds. The fourth-order valence-electron chi connectivity index (χ4n) is 3.89. The van der Waals surface area contributed by atoms with Crippen LogP contribution in [0.15, 0.2) is 88.4 Å². The molecule has 9 heteroatoms. The first-order chi connectivity index (χ1) is 16.3. The molecule has 1 aliphatic rings. The molecule has 0 saturated carbocycles. The lowest BCUT2D eigenvalue weighted by Crippen LogP contribution is -2.30.